The first-order valence-corrected chi connectivity index (χ1v) is 11.0. The van der Waals surface area contributed by atoms with Crippen LogP contribution >= 0.6 is 11.3 Å². The van der Waals surface area contributed by atoms with E-state index < -0.39 is 11.9 Å². The summed E-state index contributed by atoms with van der Waals surface area (Å²) >= 11 is 1.17. The fraction of sp³-hybridized carbons (Fsp3) is 0.318. The van der Waals surface area contributed by atoms with Gasteiger partial charge in [0.05, 0.1) is 17.6 Å². The van der Waals surface area contributed by atoms with Gasteiger partial charge in [-0.25, -0.2) is 19.6 Å². The summed E-state index contributed by atoms with van der Waals surface area (Å²) < 4.78 is 10.4. The highest BCUT2D eigenvalue weighted by atomic mass is 32.1. The van der Waals surface area contributed by atoms with Crippen LogP contribution in [0.1, 0.15) is 51.2 Å². The van der Waals surface area contributed by atoms with Crippen LogP contribution in [0.25, 0.3) is 10.2 Å². The molecule has 0 radical (unpaired) electrons. The maximum Gasteiger partial charge on any atom is 0.348 e. The monoisotopic (exact) mass is 454 g/mol. The maximum absolute atomic E-state index is 12.4. The first-order valence-electron chi connectivity index (χ1n) is 10.2. The molecule has 0 atom stereocenters. The molecule has 0 bridgehead atoms. The van der Waals surface area contributed by atoms with E-state index in [4.69, 9.17) is 15.2 Å². The van der Waals surface area contributed by atoms with Crippen molar-refractivity contribution in [2.45, 2.75) is 33.3 Å². The lowest BCUT2D eigenvalue weighted by Crippen LogP contribution is -2.23. The number of aryl methyl sites for hydroxylation is 1. The van der Waals surface area contributed by atoms with E-state index in [0.29, 0.717) is 39.2 Å². The van der Waals surface area contributed by atoms with E-state index in [0.717, 1.165) is 12.1 Å². The highest BCUT2D eigenvalue weighted by molar-refractivity contribution is 7.20. The Labute approximate surface area is 188 Å². The molecule has 3 aromatic rings. The standard InChI is InChI=1S/C22H22N4O5S/c1-3-30-22(29)18-12(2)17-19(23)24-15(25-20(17)32-18)11-31-21(28)13-6-8-14(9-7-13)26-10-4-5-16(26)27/h6-9H,3-5,10-11H2,1-2H3,(H2,23,24,25). The Balaban J connectivity index is 1.47. The molecule has 32 heavy (non-hydrogen) atoms. The van der Waals surface area contributed by atoms with Gasteiger partial charge in [-0.05, 0) is 50.1 Å². The van der Waals surface area contributed by atoms with Gasteiger partial charge in [-0.15, -0.1) is 11.3 Å². The molecule has 0 aliphatic carbocycles. The van der Waals surface area contributed by atoms with Crippen LogP contribution in [0.15, 0.2) is 24.3 Å². The minimum absolute atomic E-state index is 0.0837. The van der Waals surface area contributed by atoms with Gasteiger partial charge >= 0.3 is 11.9 Å². The zero-order valence-corrected chi connectivity index (χ0v) is 18.5. The molecule has 0 saturated carbocycles. The Hall–Kier alpha value is -3.53. The van der Waals surface area contributed by atoms with E-state index in [9.17, 15) is 14.4 Å². The van der Waals surface area contributed by atoms with Crippen LogP contribution in [-0.2, 0) is 20.9 Å². The Kier molecular flexibility index (Phi) is 6.04. The quantitative estimate of drug-likeness (QED) is 0.563. The SMILES string of the molecule is CCOC(=O)c1sc2nc(COC(=O)c3ccc(N4CCCC4=O)cc3)nc(N)c2c1C. The molecule has 1 aliphatic heterocycles. The van der Waals surface area contributed by atoms with Crippen LogP contribution in [0.2, 0.25) is 0 Å². The number of ether oxygens (including phenoxy) is 2. The number of hydrogen-bond acceptors (Lipinski definition) is 9. The number of aromatic nitrogens is 2. The third kappa shape index (κ3) is 4.13. The molecule has 1 aliphatic rings. The van der Waals surface area contributed by atoms with Gasteiger partial charge in [0.1, 0.15) is 15.5 Å². The Morgan fingerprint density at radius 3 is 2.56 bits per heavy atom. The molecule has 1 amide bonds. The number of nitrogen functional groups attached to an aromatic ring is 1. The third-order valence-electron chi connectivity index (χ3n) is 5.15. The minimum atomic E-state index is -0.541. The lowest BCUT2D eigenvalue weighted by Gasteiger charge is -2.15. The van der Waals surface area contributed by atoms with Crippen molar-refractivity contribution in [1.82, 2.24) is 9.97 Å². The van der Waals surface area contributed by atoms with Crippen molar-refractivity contribution in [2.24, 2.45) is 0 Å². The highest BCUT2D eigenvalue weighted by Crippen LogP contribution is 2.33. The van der Waals surface area contributed by atoms with Crippen molar-refractivity contribution >= 4 is 50.9 Å². The molecular formula is C22H22N4O5S. The predicted octanol–water partition coefficient (Wildman–Crippen LogP) is 3.24. The molecule has 0 spiro atoms. The van der Waals surface area contributed by atoms with Gasteiger partial charge in [-0.1, -0.05) is 0 Å². The molecule has 3 heterocycles. The summed E-state index contributed by atoms with van der Waals surface area (Å²) in [6.07, 6.45) is 1.38. The number of carbonyl (C=O) groups excluding carboxylic acids is 3. The summed E-state index contributed by atoms with van der Waals surface area (Å²) in [6, 6.07) is 6.70. The van der Waals surface area contributed by atoms with E-state index >= 15 is 0 Å². The Morgan fingerprint density at radius 1 is 1.16 bits per heavy atom. The van der Waals surface area contributed by atoms with Gasteiger partial charge < -0.3 is 20.1 Å². The molecule has 166 valence electrons. The topological polar surface area (TPSA) is 125 Å². The summed E-state index contributed by atoms with van der Waals surface area (Å²) in [5.74, 6) is -0.440. The summed E-state index contributed by atoms with van der Waals surface area (Å²) in [6.45, 7) is 4.29. The first-order chi connectivity index (χ1) is 15.4. The lowest BCUT2D eigenvalue weighted by atomic mass is 10.2. The molecular weight excluding hydrogens is 432 g/mol. The van der Waals surface area contributed by atoms with Gasteiger partial charge in [0, 0.05) is 18.7 Å². The second-order valence-corrected chi connectivity index (χ2v) is 8.25. The van der Waals surface area contributed by atoms with Gasteiger partial charge in [0.2, 0.25) is 5.91 Å². The molecule has 9 nitrogen and oxygen atoms in total. The second kappa shape index (κ2) is 8.91. The maximum atomic E-state index is 12.4. The van der Waals surface area contributed by atoms with E-state index in [-0.39, 0.29) is 30.8 Å². The minimum Gasteiger partial charge on any atom is -0.462 e. The van der Waals surface area contributed by atoms with Crippen molar-refractivity contribution in [1.29, 1.82) is 0 Å². The van der Waals surface area contributed by atoms with Crippen LogP contribution in [-0.4, -0.2) is 41.0 Å². The fourth-order valence-corrected chi connectivity index (χ4v) is 4.69. The number of benzene rings is 1. The number of carbonyl (C=O) groups is 3. The summed E-state index contributed by atoms with van der Waals surface area (Å²) in [5, 5.41) is 0.597. The molecule has 4 rings (SSSR count). The van der Waals surface area contributed by atoms with Gasteiger partial charge in [0.25, 0.3) is 0 Å². The van der Waals surface area contributed by atoms with E-state index in [1.807, 2.05) is 0 Å². The van der Waals surface area contributed by atoms with Crippen LogP contribution in [0.4, 0.5) is 11.5 Å². The number of hydrogen-bond donors (Lipinski definition) is 1. The smallest absolute Gasteiger partial charge is 0.348 e. The number of nitrogens with zero attached hydrogens (tertiary/aromatic N) is 3. The number of amides is 1. The molecule has 10 heteroatoms. The molecule has 1 fully saturated rings. The summed E-state index contributed by atoms with van der Waals surface area (Å²) in [7, 11) is 0. The van der Waals surface area contributed by atoms with Crippen molar-refractivity contribution in [3.63, 3.8) is 0 Å². The van der Waals surface area contributed by atoms with E-state index in [1.54, 1.807) is 43.0 Å². The van der Waals surface area contributed by atoms with Crippen LogP contribution in [0.3, 0.4) is 0 Å². The summed E-state index contributed by atoms with van der Waals surface area (Å²) in [4.78, 5) is 47.7. The zero-order chi connectivity index (χ0) is 22.8. The second-order valence-electron chi connectivity index (χ2n) is 7.25. The normalized spacial score (nSPS) is 13.6. The molecule has 2 aromatic heterocycles. The molecule has 2 N–H and O–H groups in total. The fourth-order valence-electron chi connectivity index (χ4n) is 3.58. The third-order valence-corrected chi connectivity index (χ3v) is 6.31. The van der Waals surface area contributed by atoms with Gasteiger partial charge in [0.15, 0.2) is 12.4 Å². The van der Waals surface area contributed by atoms with Crippen molar-refractivity contribution in [2.75, 3.05) is 23.8 Å². The largest absolute Gasteiger partial charge is 0.462 e. The molecule has 1 saturated heterocycles. The number of nitrogens with two attached hydrogens (primary N) is 1. The van der Waals surface area contributed by atoms with E-state index in [2.05, 4.69) is 9.97 Å². The Morgan fingerprint density at radius 2 is 1.91 bits per heavy atom. The van der Waals surface area contributed by atoms with Crippen LogP contribution < -0.4 is 10.6 Å². The van der Waals surface area contributed by atoms with E-state index in [1.165, 1.54) is 11.3 Å². The number of fused-ring (bicyclic) bond motifs is 1. The number of esters is 2. The van der Waals surface area contributed by atoms with Crippen LogP contribution in [0, 0.1) is 6.92 Å². The predicted molar refractivity (Wildman–Crippen MR) is 120 cm³/mol. The van der Waals surface area contributed by atoms with Gasteiger partial charge in [-0.2, -0.15) is 0 Å². The van der Waals surface area contributed by atoms with Crippen molar-refractivity contribution in [3.8, 4) is 0 Å². The lowest BCUT2D eigenvalue weighted by molar-refractivity contribution is -0.117. The van der Waals surface area contributed by atoms with Crippen LogP contribution in [0.5, 0.6) is 0 Å². The average Bonchev–Trinajstić information content (AvgIpc) is 3.35. The Bertz CT molecular complexity index is 1210. The van der Waals surface area contributed by atoms with Gasteiger partial charge in [-0.3, -0.25) is 4.79 Å². The number of thiophene rings is 1. The zero-order valence-electron chi connectivity index (χ0n) is 17.7. The first kappa shape index (κ1) is 21.7. The molecule has 0 unspecified atom stereocenters. The molecule has 1 aromatic carbocycles. The summed E-state index contributed by atoms with van der Waals surface area (Å²) in [5.41, 5.74) is 7.86. The average molecular weight is 455 g/mol. The van der Waals surface area contributed by atoms with Crippen molar-refractivity contribution < 1.29 is 23.9 Å². The highest BCUT2D eigenvalue weighted by Gasteiger charge is 2.23. The number of anilines is 2. The number of rotatable bonds is 6. The van der Waals surface area contributed by atoms with Crippen molar-refractivity contribution in [3.05, 3.63) is 46.1 Å².